The molecule has 1 aromatic heterocycles. The van der Waals surface area contributed by atoms with Gasteiger partial charge in [-0.15, -0.1) is 0 Å². The van der Waals surface area contributed by atoms with Gasteiger partial charge in [-0.3, -0.25) is 0 Å². The number of rotatable bonds is 0. The molecule has 1 aliphatic heterocycles. The van der Waals surface area contributed by atoms with Crippen LogP contribution in [0.15, 0.2) is 6.20 Å². The highest BCUT2D eigenvalue weighted by Crippen LogP contribution is 2.13. The standard InChI is InChI=1S/C14H24N2/c1-2-4-6-8-10-13-12-15-14(16-13)11-9-7-5-3-1/h12H,1-11H2,(H,15,16). The molecule has 90 valence electrons. The van der Waals surface area contributed by atoms with Crippen LogP contribution in [0, 0.1) is 0 Å². The Morgan fingerprint density at radius 2 is 1.31 bits per heavy atom. The summed E-state index contributed by atoms with van der Waals surface area (Å²) in [5.74, 6) is 1.20. The zero-order valence-electron chi connectivity index (χ0n) is 10.3. The smallest absolute Gasteiger partial charge is 0.106 e. The maximum Gasteiger partial charge on any atom is 0.106 e. The lowest BCUT2D eigenvalue weighted by atomic mass is 10.0. The zero-order valence-corrected chi connectivity index (χ0v) is 10.3. The van der Waals surface area contributed by atoms with E-state index in [2.05, 4.69) is 9.97 Å². The molecular formula is C14H24N2. The van der Waals surface area contributed by atoms with Crippen LogP contribution in [0.25, 0.3) is 0 Å². The Balaban J connectivity index is 1.84. The molecule has 16 heavy (non-hydrogen) atoms. The first-order valence-corrected chi connectivity index (χ1v) is 6.98. The van der Waals surface area contributed by atoms with Crippen molar-refractivity contribution in [3.63, 3.8) is 0 Å². The van der Waals surface area contributed by atoms with Crippen molar-refractivity contribution < 1.29 is 0 Å². The number of aryl methyl sites for hydroxylation is 2. The minimum atomic E-state index is 1.14. The summed E-state index contributed by atoms with van der Waals surface area (Å²) in [5, 5.41) is 0. The van der Waals surface area contributed by atoms with Crippen molar-refractivity contribution in [2.45, 2.75) is 70.6 Å². The van der Waals surface area contributed by atoms with E-state index in [-0.39, 0.29) is 0 Å². The number of hydrogen-bond acceptors (Lipinski definition) is 1. The normalized spacial score (nSPS) is 20.2. The van der Waals surface area contributed by atoms with Crippen LogP contribution in [0.4, 0.5) is 0 Å². The van der Waals surface area contributed by atoms with E-state index >= 15 is 0 Å². The lowest BCUT2D eigenvalue weighted by Crippen LogP contribution is -1.92. The van der Waals surface area contributed by atoms with Crippen LogP contribution in [0.2, 0.25) is 0 Å². The van der Waals surface area contributed by atoms with E-state index in [4.69, 9.17) is 0 Å². The molecule has 2 nitrogen and oxygen atoms in total. The van der Waals surface area contributed by atoms with Gasteiger partial charge in [-0.05, 0) is 19.3 Å². The number of fused-ring (bicyclic) bond motifs is 2. The SMILES string of the molecule is c1nc2[nH]c1CCCCCCCCCCC2. The van der Waals surface area contributed by atoms with Gasteiger partial charge in [0.25, 0.3) is 0 Å². The predicted octanol–water partition coefficient (Wildman–Crippen LogP) is 4.02. The molecule has 0 aliphatic carbocycles. The third-order valence-electron chi connectivity index (χ3n) is 3.54. The van der Waals surface area contributed by atoms with Crippen molar-refractivity contribution in [1.29, 1.82) is 0 Å². The van der Waals surface area contributed by atoms with E-state index in [9.17, 15) is 0 Å². The number of hydrogen-bond donors (Lipinski definition) is 1. The topological polar surface area (TPSA) is 28.7 Å². The highest BCUT2D eigenvalue weighted by Gasteiger charge is 2.02. The summed E-state index contributed by atoms with van der Waals surface area (Å²) in [6.45, 7) is 0. The van der Waals surface area contributed by atoms with Gasteiger partial charge in [0.05, 0.1) is 0 Å². The van der Waals surface area contributed by atoms with Crippen LogP contribution >= 0.6 is 0 Å². The average Bonchev–Trinajstić information content (AvgIpc) is 2.73. The van der Waals surface area contributed by atoms with Crippen molar-refractivity contribution >= 4 is 0 Å². The molecule has 2 bridgehead atoms. The van der Waals surface area contributed by atoms with E-state index in [1.54, 1.807) is 0 Å². The summed E-state index contributed by atoms with van der Waals surface area (Å²) in [7, 11) is 0. The Bertz CT molecular complexity index is 264. The van der Waals surface area contributed by atoms with Gasteiger partial charge in [0.1, 0.15) is 5.82 Å². The molecule has 0 atom stereocenters. The monoisotopic (exact) mass is 220 g/mol. The Labute approximate surface area is 98.9 Å². The molecular weight excluding hydrogens is 196 g/mol. The molecule has 2 heterocycles. The molecule has 0 amide bonds. The molecule has 1 aliphatic rings. The summed E-state index contributed by atoms with van der Waals surface area (Å²) >= 11 is 0. The van der Waals surface area contributed by atoms with E-state index in [0.717, 1.165) is 6.42 Å². The first kappa shape index (κ1) is 11.7. The van der Waals surface area contributed by atoms with Crippen LogP contribution in [-0.4, -0.2) is 9.97 Å². The second-order valence-corrected chi connectivity index (χ2v) is 5.04. The van der Waals surface area contributed by atoms with Crippen LogP contribution in [-0.2, 0) is 12.8 Å². The summed E-state index contributed by atoms with van der Waals surface area (Å²) in [5.41, 5.74) is 1.34. The zero-order chi connectivity index (χ0) is 11.1. The quantitative estimate of drug-likeness (QED) is 0.703. The van der Waals surface area contributed by atoms with Gasteiger partial charge in [0.15, 0.2) is 0 Å². The number of H-pyrrole nitrogens is 1. The number of imidazole rings is 1. The fourth-order valence-corrected chi connectivity index (χ4v) is 2.51. The van der Waals surface area contributed by atoms with Gasteiger partial charge >= 0.3 is 0 Å². The predicted molar refractivity (Wildman–Crippen MR) is 67.5 cm³/mol. The third kappa shape index (κ3) is 3.99. The maximum atomic E-state index is 4.45. The Morgan fingerprint density at radius 1 is 0.750 bits per heavy atom. The number of nitrogens with one attached hydrogen (secondary N) is 1. The Morgan fingerprint density at radius 3 is 2.00 bits per heavy atom. The van der Waals surface area contributed by atoms with Gasteiger partial charge in [0.2, 0.25) is 0 Å². The Hall–Kier alpha value is -0.790. The highest BCUT2D eigenvalue weighted by molar-refractivity contribution is 5.01. The van der Waals surface area contributed by atoms with Crippen molar-refractivity contribution in [3.05, 3.63) is 17.7 Å². The van der Waals surface area contributed by atoms with Crippen LogP contribution < -0.4 is 0 Å². The molecule has 0 radical (unpaired) electrons. The summed E-state index contributed by atoms with van der Waals surface area (Å²) in [6.07, 6.45) is 16.9. The molecule has 0 saturated carbocycles. The lowest BCUT2D eigenvalue weighted by Gasteiger charge is -2.03. The van der Waals surface area contributed by atoms with E-state index in [1.165, 1.54) is 75.7 Å². The molecule has 1 aromatic rings. The second kappa shape index (κ2) is 6.72. The number of aromatic nitrogens is 2. The maximum absolute atomic E-state index is 4.45. The molecule has 0 spiro atoms. The second-order valence-electron chi connectivity index (χ2n) is 5.04. The summed E-state index contributed by atoms with van der Waals surface area (Å²) in [4.78, 5) is 7.91. The minimum absolute atomic E-state index is 1.14. The van der Waals surface area contributed by atoms with Gasteiger partial charge in [0, 0.05) is 18.3 Å². The molecule has 0 unspecified atom stereocenters. The largest absolute Gasteiger partial charge is 0.346 e. The van der Waals surface area contributed by atoms with E-state index < -0.39 is 0 Å². The summed E-state index contributed by atoms with van der Waals surface area (Å²) in [6, 6.07) is 0. The van der Waals surface area contributed by atoms with Gasteiger partial charge < -0.3 is 4.98 Å². The minimum Gasteiger partial charge on any atom is -0.346 e. The van der Waals surface area contributed by atoms with E-state index in [1.807, 2.05) is 6.20 Å². The summed E-state index contributed by atoms with van der Waals surface area (Å²) < 4.78 is 0. The first-order valence-electron chi connectivity index (χ1n) is 6.98. The van der Waals surface area contributed by atoms with Crippen molar-refractivity contribution in [3.8, 4) is 0 Å². The third-order valence-corrected chi connectivity index (χ3v) is 3.54. The van der Waals surface area contributed by atoms with Crippen LogP contribution in [0.5, 0.6) is 0 Å². The van der Waals surface area contributed by atoms with Crippen molar-refractivity contribution in [1.82, 2.24) is 9.97 Å². The molecule has 0 aromatic carbocycles. The molecule has 2 heteroatoms. The molecule has 2 rings (SSSR count). The molecule has 0 fully saturated rings. The number of nitrogens with zero attached hydrogens (tertiary/aromatic N) is 1. The fraction of sp³-hybridized carbons (Fsp3) is 0.786. The highest BCUT2D eigenvalue weighted by atomic mass is 14.9. The van der Waals surface area contributed by atoms with Gasteiger partial charge in [-0.1, -0.05) is 44.9 Å². The lowest BCUT2D eigenvalue weighted by molar-refractivity contribution is 0.553. The first-order chi connectivity index (χ1) is 7.95. The van der Waals surface area contributed by atoms with Crippen molar-refractivity contribution in [2.24, 2.45) is 0 Å². The van der Waals surface area contributed by atoms with E-state index in [0.29, 0.717) is 0 Å². The van der Waals surface area contributed by atoms with Gasteiger partial charge in [-0.25, -0.2) is 4.98 Å². The van der Waals surface area contributed by atoms with Crippen LogP contribution in [0.1, 0.15) is 69.3 Å². The average molecular weight is 220 g/mol. The molecule has 0 saturated heterocycles. The molecule has 1 N–H and O–H groups in total. The number of aromatic amines is 1. The van der Waals surface area contributed by atoms with Gasteiger partial charge in [-0.2, -0.15) is 0 Å². The van der Waals surface area contributed by atoms with Crippen LogP contribution in [0.3, 0.4) is 0 Å². The fourth-order valence-electron chi connectivity index (χ4n) is 2.51. The Kier molecular flexibility index (Phi) is 4.91. The van der Waals surface area contributed by atoms with Crippen molar-refractivity contribution in [2.75, 3.05) is 0 Å².